The van der Waals surface area contributed by atoms with Crippen molar-refractivity contribution in [3.05, 3.63) is 0 Å². The minimum absolute atomic E-state index is 2.75. The molecule has 1 aliphatic rings. The van der Waals surface area contributed by atoms with E-state index in [1.807, 2.05) is 0 Å². The summed E-state index contributed by atoms with van der Waals surface area (Å²) in [6, 6.07) is 0. The third kappa shape index (κ3) is 0.855. The second-order valence-electron chi connectivity index (χ2n) is 1.46. The molecule has 60 valence electrons. The van der Waals surface area contributed by atoms with Crippen molar-refractivity contribution in [3.63, 3.8) is 0 Å². The average molecular weight is 229 g/mol. The molecule has 1 aliphatic heterocycles. The van der Waals surface area contributed by atoms with Gasteiger partial charge in [0, 0.05) is 0 Å². The summed E-state index contributed by atoms with van der Waals surface area (Å²) in [6.07, 6.45) is 0. The van der Waals surface area contributed by atoms with Gasteiger partial charge in [0.05, 0.1) is 0 Å². The van der Waals surface area contributed by atoms with Crippen LogP contribution in [0.15, 0.2) is 0 Å². The van der Waals surface area contributed by atoms with Gasteiger partial charge in [0.2, 0.25) is 0 Å². The molecule has 0 spiro atoms. The van der Waals surface area contributed by atoms with Gasteiger partial charge >= 0.3 is 7.58 Å². The molecular weight excluding hydrogens is 229 g/mol. The number of halogens is 4. The van der Waals surface area contributed by atoms with Crippen molar-refractivity contribution in [1.82, 2.24) is 0 Å². The molecule has 0 aromatic carbocycles. The monoisotopic (exact) mass is 228 g/mol. The van der Waals surface area contributed by atoms with E-state index in [1.54, 1.807) is 0 Å². The normalized spacial score (nSPS) is 61.6. The zero-order valence-electron chi connectivity index (χ0n) is 4.14. The molecule has 0 radical (unpaired) electrons. The Morgan fingerprint density at radius 3 is 1.30 bits per heavy atom. The molecule has 0 aliphatic carbocycles. The Hall–Kier alpha value is 0.740. The lowest BCUT2D eigenvalue weighted by Gasteiger charge is -2.34. The molecule has 1 rings (SSSR count). The number of rotatable bonds is 0. The lowest BCUT2D eigenvalue weighted by atomic mass is 11.6. The van der Waals surface area contributed by atoms with E-state index in [2.05, 4.69) is 0 Å². The van der Waals surface area contributed by atoms with E-state index in [4.69, 9.17) is 23.2 Å². The maximum absolute atomic E-state index is 12.3. The third-order valence-corrected chi connectivity index (χ3v) is 6.09. The van der Waals surface area contributed by atoms with Crippen LogP contribution in [0.1, 0.15) is 0 Å². The third-order valence-electron chi connectivity index (χ3n) is 0.863. The van der Waals surface area contributed by atoms with Gasteiger partial charge < -0.3 is 0 Å². The van der Waals surface area contributed by atoms with Crippen LogP contribution in [0.3, 0.4) is 0 Å². The van der Waals surface area contributed by atoms with E-state index in [9.17, 15) is 17.2 Å². The van der Waals surface area contributed by atoms with E-state index in [1.165, 1.54) is 0 Å². The van der Waals surface area contributed by atoms with Crippen LogP contribution in [0.4, 0.5) is 8.78 Å². The smallest absolute Gasteiger partial charge is 0.248 e. The van der Waals surface area contributed by atoms with E-state index in [-0.39, 0.29) is 0 Å². The van der Waals surface area contributed by atoms with E-state index >= 15 is 0 Å². The Balaban J connectivity index is 3.00. The summed E-state index contributed by atoms with van der Waals surface area (Å²) >= 11 is 9.40. The van der Waals surface area contributed by atoms with Crippen LogP contribution in [-0.4, -0.2) is 16.0 Å². The largest absolute Gasteiger partial charge is 0.342 e. The van der Waals surface area contributed by atoms with Crippen LogP contribution >= 0.6 is 23.2 Å². The molecule has 0 aromatic heterocycles. The molecule has 1 saturated heterocycles. The summed E-state index contributed by atoms with van der Waals surface area (Å²) in [5.41, 5.74) is 0. The van der Waals surface area contributed by atoms with E-state index in [0.29, 0.717) is 0 Å². The molecule has 0 aromatic rings. The van der Waals surface area contributed by atoms with Crippen LogP contribution in [-0.2, 0) is 21.6 Å². The second kappa shape index (κ2) is 2.12. The quantitative estimate of drug-likeness (QED) is 0.583. The topological polar surface area (TPSA) is 34.1 Å². The molecule has 0 unspecified atom stereocenters. The van der Waals surface area contributed by atoms with Crippen LogP contribution in [0.25, 0.3) is 0 Å². The van der Waals surface area contributed by atoms with Crippen molar-refractivity contribution < 1.29 is 17.2 Å². The fraction of sp³-hybridized carbons (Fsp3) is 1.00. The molecule has 0 atom stereocenters. The van der Waals surface area contributed by atoms with Gasteiger partial charge in [-0.1, -0.05) is 23.2 Å². The Kier molecular flexibility index (Phi) is 1.87. The second-order valence-corrected chi connectivity index (χ2v) is 7.24. The van der Waals surface area contributed by atoms with Gasteiger partial charge in [-0.15, -0.1) is 0 Å². The van der Waals surface area contributed by atoms with Gasteiger partial charge in [0.25, 0.3) is 0 Å². The first-order valence-electron chi connectivity index (χ1n) is 1.91. The zero-order chi connectivity index (χ0) is 8.15. The first kappa shape index (κ1) is 8.83. The minimum Gasteiger partial charge on any atom is -0.248 e. The van der Waals surface area contributed by atoms with Crippen molar-refractivity contribution in [3.8, 4) is 0 Å². The summed E-state index contributed by atoms with van der Waals surface area (Å²) in [7, 11) is -5.49. The fourth-order valence-electron chi connectivity index (χ4n) is 0.380. The highest BCUT2D eigenvalue weighted by Crippen LogP contribution is 2.53. The van der Waals surface area contributed by atoms with Gasteiger partial charge in [-0.25, -0.2) is 8.42 Å². The van der Waals surface area contributed by atoms with Gasteiger partial charge in [-0.3, -0.25) is 0 Å². The van der Waals surface area contributed by atoms with Crippen molar-refractivity contribution >= 4 is 44.8 Å². The standard InChI is InChI=1S/C2Cl2F2O2S2/c3-1(5)9(7)2(4,6)10(1)8. The molecule has 1 heterocycles. The Bertz CT molecular complexity index is 187. The summed E-state index contributed by atoms with van der Waals surface area (Å²) in [5.74, 6) is 0. The maximum atomic E-state index is 12.3. The molecule has 0 saturated carbocycles. The molecule has 8 heteroatoms. The fourth-order valence-corrected chi connectivity index (χ4v) is 4.90. The van der Waals surface area contributed by atoms with Crippen LogP contribution in [0, 0.1) is 0 Å². The van der Waals surface area contributed by atoms with Gasteiger partial charge in [-0.05, 0) is 0 Å². The molecular formula is C2Cl2F2O2S2. The van der Waals surface area contributed by atoms with Crippen molar-refractivity contribution in [1.29, 1.82) is 0 Å². The van der Waals surface area contributed by atoms with Crippen LogP contribution in [0.5, 0.6) is 0 Å². The molecule has 0 N–H and O–H groups in total. The molecule has 2 nitrogen and oxygen atoms in total. The van der Waals surface area contributed by atoms with Crippen molar-refractivity contribution in [2.75, 3.05) is 0 Å². The lowest BCUT2D eigenvalue weighted by molar-refractivity contribution is 0.408. The SMILES string of the molecule is O=S1C(F)(Cl)S(=O)C1(F)Cl. The van der Waals surface area contributed by atoms with Gasteiger partial charge in [0.1, 0.15) is 0 Å². The van der Waals surface area contributed by atoms with Crippen LogP contribution < -0.4 is 0 Å². The highest BCUT2D eigenvalue weighted by molar-refractivity contribution is 8.24. The highest BCUT2D eigenvalue weighted by atomic mass is 35.5. The van der Waals surface area contributed by atoms with Gasteiger partial charge in [-0.2, -0.15) is 8.78 Å². The summed E-state index contributed by atoms with van der Waals surface area (Å²) < 4.78 is 39.3. The molecule has 0 amide bonds. The number of hydrogen-bond acceptors (Lipinski definition) is 2. The first-order valence-corrected chi connectivity index (χ1v) is 4.96. The number of hydrogen-bond donors (Lipinski definition) is 0. The molecule has 1 fully saturated rings. The predicted octanol–water partition coefficient (Wildman–Crippen LogP) is 1.14. The summed E-state index contributed by atoms with van der Waals surface area (Å²) in [4.78, 5) is 0. The maximum Gasteiger partial charge on any atom is 0.342 e. The average Bonchev–Trinajstić information content (AvgIpc) is 1.84. The van der Waals surface area contributed by atoms with Crippen molar-refractivity contribution in [2.45, 2.75) is 7.58 Å². The Labute approximate surface area is 69.8 Å². The Morgan fingerprint density at radius 2 is 1.20 bits per heavy atom. The van der Waals surface area contributed by atoms with E-state index in [0.717, 1.165) is 0 Å². The summed E-state index contributed by atoms with van der Waals surface area (Å²) in [6.45, 7) is 0. The van der Waals surface area contributed by atoms with Crippen molar-refractivity contribution in [2.24, 2.45) is 0 Å². The van der Waals surface area contributed by atoms with Gasteiger partial charge in [0.15, 0.2) is 21.6 Å². The first-order chi connectivity index (χ1) is 4.31. The minimum atomic E-state index is -3.02. The zero-order valence-corrected chi connectivity index (χ0v) is 7.29. The molecule has 0 bridgehead atoms. The molecule has 10 heavy (non-hydrogen) atoms. The number of alkyl halides is 4. The lowest BCUT2D eigenvalue weighted by Crippen LogP contribution is -2.56. The summed E-state index contributed by atoms with van der Waals surface area (Å²) in [5, 5.41) is 0. The van der Waals surface area contributed by atoms with E-state index < -0.39 is 29.2 Å². The Morgan fingerprint density at radius 1 is 1.00 bits per heavy atom. The highest BCUT2D eigenvalue weighted by Gasteiger charge is 2.72. The van der Waals surface area contributed by atoms with Crippen LogP contribution in [0.2, 0.25) is 0 Å². The predicted molar refractivity (Wildman–Crippen MR) is 35.7 cm³/mol.